The Kier molecular flexibility index (Phi) is 2.08. The fourth-order valence-electron chi connectivity index (χ4n) is 2.64. The van der Waals surface area contributed by atoms with Crippen molar-refractivity contribution in [1.29, 1.82) is 5.26 Å². The molecular weight excluding hydrogens is 214 g/mol. The number of aryl methyl sites for hydroxylation is 1. The summed E-state index contributed by atoms with van der Waals surface area (Å²) in [5, 5.41) is 8.87. The number of aliphatic imine (C=N–C) groups is 1. The highest BCUT2D eigenvalue weighted by molar-refractivity contribution is 5.74. The number of nitrogens with two attached hydrogens (primary N) is 1. The van der Waals surface area contributed by atoms with Gasteiger partial charge in [-0.1, -0.05) is 6.07 Å². The Bertz CT molecular complexity index is 544. The van der Waals surface area contributed by atoms with Crippen LogP contribution in [0.4, 0.5) is 0 Å². The van der Waals surface area contributed by atoms with E-state index < -0.39 is 0 Å². The first kappa shape index (κ1) is 10.2. The topological polar surface area (TPSA) is 71.4 Å². The lowest BCUT2D eigenvalue weighted by molar-refractivity contribution is 0.235. The SMILES string of the molecule is N#Cc1ccc2c(c1)CCC1(COC(N)=N1)C2. The molecule has 2 N–H and O–H groups in total. The van der Waals surface area contributed by atoms with E-state index in [0.29, 0.717) is 12.6 Å². The monoisotopic (exact) mass is 227 g/mol. The van der Waals surface area contributed by atoms with E-state index in [0.717, 1.165) is 24.8 Å². The molecule has 1 aliphatic heterocycles. The Labute approximate surface area is 99.7 Å². The number of nitriles is 1. The zero-order valence-corrected chi connectivity index (χ0v) is 9.44. The maximum atomic E-state index is 8.87. The standard InChI is InChI=1S/C13H13N3O/c14-7-9-1-2-11-6-13(4-3-10(11)5-9)8-17-12(15)16-13/h1-2,5H,3-4,6,8H2,(H2,15,16). The van der Waals surface area contributed by atoms with Gasteiger partial charge in [-0.3, -0.25) is 0 Å². The van der Waals surface area contributed by atoms with E-state index >= 15 is 0 Å². The smallest absolute Gasteiger partial charge is 0.282 e. The van der Waals surface area contributed by atoms with Crippen molar-refractivity contribution in [1.82, 2.24) is 0 Å². The van der Waals surface area contributed by atoms with E-state index in [-0.39, 0.29) is 5.54 Å². The summed E-state index contributed by atoms with van der Waals surface area (Å²) in [6, 6.07) is 8.35. The van der Waals surface area contributed by atoms with Gasteiger partial charge in [0, 0.05) is 6.42 Å². The predicted octanol–water partition coefficient (Wildman–Crippen LogP) is 1.13. The molecule has 4 heteroatoms. The van der Waals surface area contributed by atoms with Crippen molar-refractivity contribution in [3.05, 3.63) is 34.9 Å². The van der Waals surface area contributed by atoms with E-state index in [9.17, 15) is 0 Å². The maximum absolute atomic E-state index is 8.87. The van der Waals surface area contributed by atoms with Crippen LogP contribution in [-0.4, -0.2) is 18.2 Å². The summed E-state index contributed by atoms with van der Waals surface area (Å²) < 4.78 is 5.28. The second-order valence-corrected chi connectivity index (χ2v) is 4.74. The Balaban J connectivity index is 1.95. The molecule has 4 nitrogen and oxygen atoms in total. The third-order valence-corrected chi connectivity index (χ3v) is 3.55. The largest absolute Gasteiger partial charge is 0.463 e. The number of fused-ring (bicyclic) bond motifs is 1. The van der Waals surface area contributed by atoms with Crippen LogP contribution in [0.25, 0.3) is 0 Å². The minimum atomic E-state index is -0.161. The third-order valence-electron chi connectivity index (χ3n) is 3.55. The fraction of sp³-hybridized carbons (Fsp3) is 0.385. The molecular formula is C13H13N3O. The lowest BCUT2D eigenvalue weighted by Crippen LogP contribution is -2.35. The number of hydrogen-bond acceptors (Lipinski definition) is 4. The van der Waals surface area contributed by atoms with Crippen molar-refractivity contribution in [3.8, 4) is 6.07 Å². The molecule has 0 bridgehead atoms. The maximum Gasteiger partial charge on any atom is 0.282 e. The predicted molar refractivity (Wildman–Crippen MR) is 63.5 cm³/mol. The van der Waals surface area contributed by atoms with Gasteiger partial charge in [-0.2, -0.15) is 5.26 Å². The van der Waals surface area contributed by atoms with Crippen molar-refractivity contribution in [2.75, 3.05) is 6.61 Å². The van der Waals surface area contributed by atoms with Crippen LogP contribution in [0.15, 0.2) is 23.2 Å². The number of hydrogen-bond donors (Lipinski definition) is 1. The first-order valence-electron chi connectivity index (χ1n) is 5.71. The van der Waals surface area contributed by atoms with E-state index in [2.05, 4.69) is 11.1 Å². The molecule has 0 amide bonds. The van der Waals surface area contributed by atoms with Crippen LogP contribution >= 0.6 is 0 Å². The lowest BCUT2D eigenvalue weighted by Gasteiger charge is -2.30. The molecule has 1 unspecified atom stereocenters. The molecule has 0 aromatic heterocycles. The molecule has 3 rings (SSSR count). The summed E-state index contributed by atoms with van der Waals surface area (Å²) in [4.78, 5) is 4.43. The lowest BCUT2D eigenvalue weighted by atomic mass is 9.78. The molecule has 0 radical (unpaired) electrons. The van der Waals surface area contributed by atoms with Crippen molar-refractivity contribution in [2.24, 2.45) is 10.7 Å². The Morgan fingerprint density at radius 3 is 3.00 bits per heavy atom. The summed E-state index contributed by atoms with van der Waals surface area (Å²) in [5.74, 6) is 0. The molecule has 1 atom stereocenters. The van der Waals surface area contributed by atoms with Crippen LogP contribution in [0.3, 0.4) is 0 Å². The molecule has 0 saturated heterocycles. The van der Waals surface area contributed by atoms with Crippen molar-refractivity contribution in [2.45, 2.75) is 24.8 Å². The van der Waals surface area contributed by atoms with Gasteiger partial charge < -0.3 is 10.5 Å². The highest BCUT2D eigenvalue weighted by Gasteiger charge is 2.39. The zero-order chi connectivity index (χ0) is 11.9. The molecule has 1 spiro atoms. The normalized spacial score (nSPS) is 25.9. The first-order chi connectivity index (χ1) is 8.21. The number of rotatable bonds is 0. The second kappa shape index (κ2) is 3.49. The minimum absolute atomic E-state index is 0.161. The van der Waals surface area contributed by atoms with Gasteiger partial charge in [-0.25, -0.2) is 4.99 Å². The molecule has 2 aliphatic rings. The van der Waals surface area contributed by atoms with Crippen LogP contribution in [0.5, 0.6) is 0 Å². The quantitative estimate of drug-likeness (QED) is 0.722. The molecule has 1 aromatic rings. The van der Waals surface area contributed by atoms with Gasteiger partial charge in [0.15, 0.2) is 0 Å². The Morgan fingerprint density at radius 1 is 1.41 bits per heavy atom. The van der Waals surface area contributed by atoms with Gasteiger partial charge in [0.2, 0.25) is 0 Å². The van der Waals surface area contributed by atoms with Gasteiger partial charge in [0.05, 0.1) is 11.6 Å². The van der Waals surface area contributed by atoms with Crippen LogP contribution < -0.4 is 5.73 Å². The number of benzene rings is 1. The molecule has 0 saturated carbocycles. The van der Waals surface area contributed by atoms with Gasteiger partial charge in [-0.05, 0) is 36.1 Å². The summed E-state index contributed by atoms with van der Waals surface area (Å²) in [5.41, 5.74) is 8.68. The zero-order valence-electron chi connectivity index (χ0n) is 9.44. The number of amidine groups is 1. The van der Waals surface area contributed by atoms with Crippen LogP contribution in [0.2, 0.25) is 0 Å². The van der Waals surface area contributed by atoms with Gasteiger partial charge in [-0.15, -0.1) is 0 Å². The summed E-state index contributed by atoms with van der Waals surface area (Å²) in [6.07, 6.45) is 2.73. The third kappa shape index (κ3) is 1.64. The second-order valence-electron chi connectivity index (χ2n) is 4.74. The van der Waals surface area contributed by atoms with E-state index in [1.165, 1.54) is 11.1 Å². The van der Waals surface area contributed by atoms with Crippen LogP contribution in [-0.2, 0) is 17.6 Å². The molecule has 1 aliphatic carbocycles. The summed E-state index contributed by atoms with van der Waals surface area (Å²) >= 11 is 0. The van der Waals surface area contributed by atoms with Crippen molar-refractivity contribution in [3.63, 3.8) is 0 Å². The summed E-state index contributed by atoms with van der Waals surface area (Å²) in [7, 11) is 0. The molecule has 1 aromatic carbocycles. The van der Waals surface area contributed by atoms with Crippen LogP contribution in [0.1, 0.15) is 23.1 Å². The van der Waals surface area contributed by atoms with E-state index in [4.69, 9.17) is 15.7 Å². The Hall–Kier alpha value is -2.02. The fourth-order valence-corrected chi connectivity index (χ4v) is 2.64. The molecule has 86 valence electrons. The number of nitrogens with zero attached hydrogens (tertiary/aromatic N) is 2. The summed E-state index contributed by atoms with van der Waals surface area (Å²) in [6.45, 7) is 0.582. The molecule has 0 fully saturated rings. The van der Waals surface area contributed by atoms with Gasteiger partial charge in [0.25, 0.3) is 6.02 Å². The highest BCUT2D eigenvalue weighted by Crippen LogP contribution is 2.34. The first-order valence-corrected chi connectivity index (χ1v) is 5.71. The number of ether oxygens (including phenoxy) is 1. The van der Waals surface area contributed by atoms with Gasteiger partial charge >= 0.3 is 0 Å². The van der Waals surface area contributed by atoms with Gasteiger partial charge in [0.1, 0.15) is 12.1 Å². The van der Waals surface area contributed by atoms with E-state index in [1.54, 1.807) is 0 Å². The minimum Gasteiger partial charge on any atom is -0.463 e. The van der Waals surface area contributed by atoms with Crippen LogP contribution in [0, 0.1) is 11.3 Å². The average Bonchev–Trinajstić information content (AvgIpc) is 2.70. The highest BCUT2D eigenvalue weighted by atomic mass is 16.5. The Morgan fingerprint density at radius 2 is 2.29 bits per heavy atom. The van der Waals surface area contributed by atoms with E-state index in [1.807, 2.05) is 18.2 Å². The molecule has 17 heavy (non-hydrogen) atoms. The van der Waals surface area contributed by atoms with Crippen molar-refractivity contribution >= 4 is 6.02 Å². The molecule has 1 heterocycles. The average molecular weight is 227 g/mol. The van der Waals surface area contributed by atoms with Crippen molar-refractivity contribution < 1.29 is 4.74 Å².